The van der Waals surface area contributed by atoms with Gasteiger partial charge in [0.1, 0.15) is 0 Å². The number of allylic oxidation sites excluding steroid dienone is 6. The Hall–Kier alpha value is -1.57. The molecule has 0 spiro atoms. The van der Waals surface area contributed by atoms with E-state index in [1.165, 1.54) is 0 Å². The van der Waals surface area contributed by atoms with Gasteiger partial charge in [-0.3, -0.25) is 0 Å². The normalized spacial score (nSPS) is 19.1. The summed E-state index contributed by atoms with van der Waals surface area (Å²) in [5.41, 5.74) is 2.23. The van der Waals surface area contributed by atoms with Crippen LogP contribution in [0.1, 0.15) is 0 Å². The van der Waals surface area contributed by atoms with E-state index in [-0.39, 0.29) is 0 Å². The molecule has 0 aromatic heterocycles. The fraction of sp³-hybridized carbons (Fsp3) is 0. The lowest BCUT2D eigenvalue weighted by Crippen LogP contribution is -2.00. The predicted molar refractivity (Wildman–Crippen MR) is 41.0 cm³/mol. The maximum atomic E-state index is 10.6. The van der Waals surface area contributed by atoms with Gasteiger partial charge in [0.05, 0.1) is 5.57 Å². The van der Waals surface area contributed by atoms with E-state index in [1.54, 1.807) is 6.08 Å². The maximum Gasteiger partial charge on any atom is 0.336 e. The van der Waals surface area contributed by atoms with Crippen LogP contribution in [-0.4, -0.2) is 11.1 Å². The van der Waals surface area contributed by atoms with Crippen molar-refractivity contribution in [1.82, 2.24) is 0 Å². The van der Waals surface area contributed by atoms with E-state index in [9.17, 15) is 4.79 Å². The largest absolute Gasteiger partial charge is 0.478 e. The van der Waals surface area contributed by atoms with Gasteiger partial charge >= 0.3 is 5.97 Å². The molecule has 2 aliphatic rings. The summed E-state index contributed by atoms with van der Waals surface area (Å²) in [7, 11) is 0. The summed E-state index contributed by atoms with van der Waals surface area (Å²) in [6.07, 6.45) is 9.03. The predicted octanol–water partition coefficient (Wildman–Crippen LogP) is 1.43. The van der Waals surface area contributed by atoms with Crippen LogP contribution in [0.3, 0.4) is 0 Å². The number of aliphatic carboxylic acids is 1. The van der Waals surface area contributed by atoms with Gasteiger partial charge in [-0.2, -0.15) is 0 Å². The van der Waals surface area contributed by atoms with Crippen LogP contribution < -0.4 is 0 Å². The van der Waals surface area contributed by atoms with Crippen LogP contribution in [0, 0.1) is 0 Å². The zero-order chi connectivity index (χ0) is 7.84. The first-order chi connectivity index (χ1) is 5.29. The van der Waals surface area contributed by atoms with Crippen LogP contribution in [0.2, 0.25) is 0 Å². The van der Waals surface area contributed by atoms with Crippen molar-refractivity contribution in [3.8, 4) is 0 Å². The van der Waals surface area contributed by atoms with E-state index in [1.807, 2.05) is 24.3 Å². The Balaban J connectivity index is 2.41. The van der Waals surface area contributed by atoms with Crippen molar-refractivity contribution in [2.45, 2.75) is 0 Å². The van der Waals surface area contributed by atoms with Crippen LogP contribution >= 0.6 is 0 Å². The first kappa shape index (κ1) is 6.16. The Kier molecular flexibility index (Phi) is 1.09. The van der Waals surface area contributed by atoms with E-state index >= 15 is 0 Å². The molecule has 0 heterocycles. The third-order valence-corrected chi connectivity index (χ3v) is 1.80. The molecular formula is C9H6O2. The lowest BCUT2D eigenvalue weighted by atomic mass is 10.1. The van der Waals surface area contributed by atoms with Crippen LogP contribution in [0.4, 0.5) is 0 Å². The lowest BCUT2D eigenvalue weighted by molar-refractivity contribution is -0.132. The summed E-state index contributed by atoms with van der Waals surface area (Å²) in [5, 5.41) is 8.69. The molecule has 0 saturated heterocycles. The standard InChI is InChI=1S/C9H6O2/c10-9(11)8-5-4-6-2-1-3-7(6)8/h1-5H,(H,10,11). The third-order valence-electron chi connectivity index (χ3n) is 1.80. The van der Waals surface area contributed by atoms with Gasteiger partial charge in [-0.25, -0.2) is 4.79 Å². The van der Waals surface area contributed by atoms with E-state index in [4.69, 9.17) is 5.11 Å². The minimum atomic E-state index is -0.855. The van der Waals surface area contributed by atoms with Crippen molar-refractivity contribution >= 4 is 5.97 Å². The van der Waals surface area contributed by atoms with E-state index < -0.39 is 5.97 Å². The first-order valence-electron chi connectivity index (χ1n) is 3.33. The number of carboxylic acids is 1. The molecule has 54 valence electrons. The average Bonchev–Trinajstić information content (AvgIpc) is 2.41. The molecule has 0 amide bonds. The van der Waals surface area contributed by atoms with Gasteiger partial charge in [-0.1, -0.05) is 24.3 Å². The second-order valence-corrected chi connectivity index (χ2v) is 2.45. The van der Waals surface area contributed by atoms with Gasteiger partial charge in [0.25, 0.3) is 0 Å². The number of hydrogen-bond acceptors (Lipinski definition) is 1. The number of fused-ring (bicyclic) bond motifs is 1. The lowest BCUT2D eigenvalue weighted by Gasteiger charge is -1.97. The van der Waals surface area contributed by atoms with Crippen molar-refractivity contribution in [3.05, 3.63) is 47.1 Å². The monoisotopic (exact) mass is 146 g/mol. The minimum Gasteiger partial charge on any atom is -0.478 e. The Morgan fingerprint density at radius 3 is 2.82 bits per heavy atom. The Bertz CT molecular complexity index is 341. The highest BCUT2D eigenvalue weighted by Crippen LogP contribution is 2.30. The quantitative estimate of drug-likeness (QED) is 0.607. The fourth-order valence-electron chi connectivity index (χ4n) is 1.27. The highest BCUT2D eigenvalue weighted by molar-refractivity contribution is 5.96. The van der Waals surface area contributed by atoms with E-state index in [0.29, 0.717) is 5.57 Å². The van der Waals surface area contributed by atoms with E-state index in [0.717, 1.165) is 11.1 Å². The molecule has 0 saturated carbocycles. The second kappa shape index (κ2) is 1.95. The van der Waals surface area contributed by atoms with Crippen LogP contribution in [0.5, 0.6) is 0 Å². The van der Waals surface area contributed by atoms with Gasteiger partial charge in [0.15, 0.2) is 0 Å². The molecule has 0 atom stereocenters. The molecule has 0 unspecified atom stereocenters. The molecule has 0 aromatic carbocycles. The van der Waals surface area contributed by atoms with Gasteiger partial charge in [-0.15, -0.1) is 0 Å². The molecule has 0 aliphatic heterocycles. The van der Waals surface area contributed by atoms with Gasteiger partial charge in [0.2, 0.25) is 0 Å². The summed E-state index contributed by atoms with van der Waals surface area (Å²) in [4.78, 5) is 10.6. The first-order valence-corrected chi connectivity index (χ1v) is 3.33. The Morgan fingerprint density at radius 1 is 1.27 bits per heavy atom. The number of hydrogen-bond donors (Lipinski definition) is 1. The molecule has 2 aliphatic carbocycles. The summed E-state index contributed by atoms with van der Waals surface area (Å²) in [5.74, 6) is -0.855. The highest BCUT2D eigenvalue weighted by Gasteiger charge is 2.20. The number of carbonyl (C=O) groups is 1. The molecular weight excluding hydrogens is 140 g/mol. The van der Waals surface area contributed by atoms with Crippen LogP contribution in [0.25, 0.3) is 0 Å². The summed E-state index contributed by atoms with van der Waals surface area (Å²) in [6.45, 7) is 0. The Labute approximate surface area is 63.8 Å². The highest BCUT2D eigenvalue weighted by atomic mass is 16.4. The molecule has 0 radical (unpaired) electrons. The minimum absolute atomic E-state index is 0.394. The molecule has 2 rings (SSSR count). The molecule has 11 heavy (non-hydrogen) atoms. The molecule has 0 aromatic rings. The van der Waals surface area contributed by atoms with Gasteiger partial charge in [0, 0.05) is 0 Å². The molecule has 2 heteroatoms. The summed E-state index contributed by atoms with van der Waals surface area (Å²) in [6, 6.07) is 0. The molecule has 0 bridgehead atoms. The van der Waals surface area contributed by atoms with Crippen molar-refractivity contribution < 1.29 is 9.90 Å². The van der Waals surface area contributed by atoms with Gasteiger partial charge in [-0.05, 0) is 17.2 Å². The molecule has 1 N–H and O–H groups in total. The third kappa shape index (κ3) is 0.759. The summed E-state index contributed by atoms with van der Waals surface area (Å²) < 4.78 is 0. The maximum absolute atomic E-state index is 10.6. The van der Waals surface area contributed by atoms with Gasteiger partial charge < -0.3 is 5.11 Å². The van der Waals surface area contributed by atoms with Crippen molar-refractivity contribution in [2.24, 2.45) is 0 Å². The van der Waals surface area contributed by atoms with Crippen molar-refractivity contribution in [3.63, 3.8) is 0 Å². The smallest absolute Gasteiger partial charge is 0.336 e. The summed E-state index contributed by atoms with van der Waals surface area (Å²) >= 11 is 0. The van der Waals surface area contributed by atoms with Crippen molar-refractivity contribution in [2.75, 3.05) is 0 Å². The van der Waals surface area contributed by atoms with Crippen LogP contribution in [-0.2, 0) is 4.79 Å². The Morgan fingerprint density at radius 2 is 2.09 bits per heavy atom. The SMILES string of the molecule is O=C(O)C1=CC=C2C=CC=C21. The average molecular weight is 146 g/mol. The zero-order valence-electron chi connectivity index (χ0n) is 5.74. The number of rotatable bonds is 1. The van der Waals surface area contributed by atoms with E-state index in [2.05, 4.69) is 0 Å². The zero-order valence-corrected chi connectivity index (χ0v) is 5.74. The second-order valence-electron chi connectivity index (χ2n) is 2.45. The molecule has 2 nitrogen and oxygen atoms in total. The topological polar surface area (TPSA) is 37.3 Å². The van der Waals surface area contributed by atoms with Crippen LogP contribution in [0.15, 0.2) is 47.1 Å². The molecule has 0 fully saturated rings. The fourth-order valence-corrected chi connectivity index (χ4v) is 1.27. The number of carboxylic acid groups (broad SMARTS) is 1. The van der Waals surface area contributed by atoms with Crippen molar-refractivity contribution in [1.29, 1.82) is 0 Å².